The SMILES string of the molecule is CN(C)C(=O)[C@H]1CSCc2ccccc2C(=O)OC[C@@H](NC(=O)[C@@H]2CCCN2C(=O)c2ccccc2Oc2ccccc2C#N)C(=O)N1. The van der Waals surface area contributed by atoms with Crippen LogP contribution in [-0.2, 0) is 24.9 Å². The standard InChI is InChI=1S/C35H35N5O7S/c1-39(2)34(44)27-21-48-20-23-11-3-5-12-24(23)35(45)46-19-26(31(41)38-27)37-32(42)28-14-9-17-40(28)33(43)25-13-6-8-16-30(25)47-29-15-7-4-10-22(29)18-36/h3-8,10-13,15-16,26-28H,9,14,17,19-21H2,1-2H3,(H,37,42)(H,38,41)/t26-,27-,28+/m1/s1. The molecule has 2 aliphatic heterocycles. The molecule has 5 rings (SSSR count). The first-order chi connectivity index (χ1) is 23.2. The van der Waals surface area contributed by atoms with Gasteiger partial charge in [0.25, 0.3) is 5.91 Å². The molecule has 48 heavy (non-hydrogen) atoms. The summed E-state index contributed by atoms with van der Waals surface area (Å²) in [4.78, 5) is 70.1. The lowest BCUT2D eigenvalue weighted by molar-refractivity contribution is -0.136. The molecule has 1 saturated heterocycles. The van der Waals surface area contributed by atoms with E-state index in [1.807, 2.05) is 0 Å². The minimum absolute atomic E-state index is 0.198. The van der Waals surface area contributed by atoms with Crippen LogP contribution in [0, 0.1) is 11.3 Å². The Morgan fingerprint density at radius 1 is 1.02 bits per heavy atom. The van der Waals surface area contributed by atoms with E-state index in [1.54, 1.807) is 86.9 Å². The van der Waals surface area contributed by atoms with E-state index in [9.17, 15) is 29.2 Å². The number of thioether (sulfide) groups is 1. The summed E-state index contributed by atoms with van der Waals surface area (Å²) >= 11 is 1.38. The number of benzene rings is 3. The number of carbonyl (C=O) groups is 5. The number of fused-ring (bicyclic) bond motifs is 1. The van der Waals surface area contributed by atoms with Crippen molar-refractivity contribution < 1.29 is 33.4 Å². The molecule has 0 radical (unpaired) electrons. The van der Waals surface area contributed by atoms with Crippen molar-refractivity contribution in [2.45, 2.75) is 36.7 Å². The molecule has 3 aromatic carbocycles. The Balaban J connectivity index is 1.36. The van der Waals surface area contributed by atoms with Crippen LogP contribution in [0.4, 0.5) is 0 Å². The molecule has 12 nitrogen and oxygen atoms in total. The van der Waals surface area contributed by atoms with Crippen molar-refractivity contribution in [3.63, 3.8) is 0 Å². The van der Waals surface area contributed by atoms with Crippen LogP contribution >= 0.6 is 11.8 Å². The van der Waals surface area contributed by atoms with Crippen molar-refractivity contribution in [3.05, 3.63) is 95.1 Å². The van der Waals surface area contributed by atoms with Crippen LogP contribution in [0.15, 0.2) is 72.8 Å². The summed E-state index contributed by atoms with van der Waals surface area (Å²) in [6.45, 7) is -0.213. The molecule has 3 aromatic rings. The number of esters is 1. The second-order valence-electron chi connectivity index (χ2n) is 11.5. The van der Waals surface area contributed by atoms with Crippen molar-refractivity contribution in [3.8, 4) is 17.6 Å². The third kappa shape index (κ3) is 7.78. The summed E-state index contributed by atoms with van der Waals surface area (Å²) in [7, 11) is 3.17. The molecule has 13 heteroatoms. The van der Waals surface area contributed by atoms with Crippen molar-refractivity contribution in [1.29, 1.82) is 5.26 Å². The molecule has 0 spiro atoms. The van der Waals surface area contributed by atoms with E-state index in [-0.39, 0.29) is 35.3 Å². The van der Waals surface area contributed by atoms with Crippen LogP contribution in [-0.4, -0.2) is 90.5 Å². The van der Waals surface area contributed by atoms with E-state index in [0.717, 1.165) is 5.56 Å². The third-order valence-corrected chi connectivity index (χ3v) is 9.09. The van der Waals surface area contributed by atoms with Gasteiger partial charge >= 0.3 is 5.97 Å². The second-order valence-corrected chi connectivity index (χ2v) is 12.5. The number of likely N-dealkylation sites (N-methyl/N-ethyl adjacent to an activating group) is 1. The highest BCUT2D eigenvalue weighted by atomic mass is 32.2. The molecule has 0 unspecified atom stereocenters. The molecule has 1 fully saturated rings. The molecule has 2 aliphatic rings. The van der Waals surface area contributed by atoms with Crippen molar-refractivity contribution in [2.75, 3.05) is 33.0 Å². The number of nitrogens with zero attached hydrogens (tertiary/aromatic N) is 3. The van der Waals surface area contributed by atoms with Gasteiger partial charge in [0, 0.05) is 32.1 Å². The van der Waals surface area contributed by atoms with Gasteiger partial charge in [-0.05, 0) is 48.7 Å². The quantitative estimate of drug-likeness (QED) is 0.376. The van der Waals surface area contributed by atoms with E-state index >= 15 is 0 Å². The summed E-state index contributed by atoms with van der Waals surface area (Å²) in [5.74, 6) is -1.58. The largest absolute Gasteiger partial charge is 0.459 e. The molecule has 2 N–H and O–H groups in total. The van der Waals surface area contributed by atoms with Gasteiger partial charge in [-0.3, -0.25) is 19.2 Å². The smallest absolute Gasteiger partial charge is 0.338 e. The normalized spacial score (nSPS) is 19.7. The van der Waals surface area contributed by atoms with Gasteiger partial charge in [0.15, 0.2) is 0 Å². The molecular formula is C35H35N5O7S. The molecule has 0 aromatic heterocycles. The van der Waals surface area contributed by atoms with Gasteiger partial charge in [-0.25, -0.2) is 4.79 Å². The fraction of sp³-hybridized carbons (Fsp3) is 0.314. The lowest BCUT2D eigenvalue weighted by Crippen LogP contribution is -2.58. The van der Waals surface area contributed by atoms with Crippen LogP contribution < -0.4 is 15.4 Å². The topological polar surface area (TPSA) is 158 Å². The Hall–Kier alpha value is -5.35. The van der Waals surface area contributed by atoms with Gasteiger partial charge in [-0.1, -0.05) is 42.5 Å². The highest BCUT2D eigenvalue weighted by molar-refractivity contribution is 7.98. The second kappa shape index (κ2) is 15.5. The highest BCUT2D eigenvalue weighted by Gasteiger charge is 2.38. The number of hydrogen-bond donors (Lipinski definition) is 2. The average Bonchev–Trinajstić information content (AvgIpc) is 3.59. The average molecular weight is 670 g/mol. The molecule has 0 aliphatic carbocycles. The summed E-state index contributed by atoms with van der Waals surface area (Å²) in [5, 5.41) is 14.9. The van der Waals surface area contributed by atoms with Gasteiger partial charge in [0.1, 0.15) is 42.3 Å². The Morgan fingerprint density at radius 2 is 1.73 bits per heavy atom. The maximum absolute atomic E-state index is 13.9. The Bertz CT molecular complexity index is 1760. The van der Waals surface area contributed by atoms with Crippen LogP contribution in [0.25, 0.3) is 0 Å². The van der Waals surface area contributed by atoms with E-state index in [4.69, 9.17) is 9.47 Å². The fourth-order valence-electron chi connectivity index (χ4n) is 5.51. The molecule has 4 amide bonds. The van der Waals surface area contributed by atoms with E-state index < -0.39 is 48.4 Å². The minimum Gasteiger partial charge on any atom is -0.459 e. The van der Waals surface area contributed by atoms with Crippen LogP contribution in [0.3, 0.4) is 0 Å². The number of nitrogens with one attached hydrogen (secondary N) is 2. The zero-order valence-electron chi connectivity index (χ0n) is 26.5. The number of cyclic esters (lactones) is 1. The van der Waals surface area contributed by atoms with Crippen LogP contribution in [0.2, 0.25) is 0 Å². The first-order valence-corrected chi connectivity index (χ1v) is 16.5. The molecular weight excluding hydrogens is 634 g/mol. The number of para-hydroxylation sites is 2. The molecule has 2 heterocycles. The third-order valence-electron chi connectivity index (χ3n) is 8.01. The lowest BCUT2D eigenvalue weighted by atomic mass is 10.1. The number of rotatable bonds is 6. The molecule has 0 bridgehead atoms. The number of likely N-dealkylation sites (tertiary alicyclic amines) is 1. The number of carbonyl (C=O) groups excluding carboxylic acids is 5. The summed E-state index contributed by atoms with van der Waals surface area (Å²) < 4.78 is 11.5. The van der Waals surface area contributed by atoms with E-state index in [0.29, 0.717) is 29.7 Å². The Labute approximate surface area is 282 Å². The predicted molar refractivity (Wildman–Crippen MR) is 177 cm³/mol. The zero-order valence-corrected chi connectivity index (χ0v) is 27.3. The van der Waals surface area contributed by atoms with E-state index in [1.165, 1.54) is 21.6 Å². The summed E-state index contributed by atoms with van der Waals surface area (Å²) in [6.07, 6.45) is 0.862. The minimum atomic E-state index is -1.34. The van der Waals surface area contributed by atoms with Crippen molar-refractivity contribution in [2.24, 2.45) is 0 Å². The number of ether oxygens (including phenoxy) is 2. The highest BCUT2D eigenvalue weighted by Crippen LogP contribution is 2.30. The van der Waals surface area contributed by atoms with Crippen LogP contribution in [0.1, 0.15) is 44.7 Å². The predicted octanol–water partition coefficient (Wildman–Crippen LogP) is 3.12. The zero-order chi connectivity index (χ0) is 34.2. The Morgan fingerprint density at radius 3 is 2.50 bits per heavy atom. The van der Waals surface area contributed by atoms with Gasteiger partial charge in [-0.2, -0.15) is 17.0 Å². The first kappa shape index (κ1) is 34.0. The molecule has 248 valence electrons. The van der Waals surface area contributed by atoms with Gasteiger partial charge in [0.2, 0.25) is 17.7 Å². The summed E-state index contributed by atoms with van der Waals surface area (Å²) in [6, 6.07) is 19.0. The monoisotopic (exact) mass is 669 g/mol. The Kier molecular flexibility index (Phi) is 11.0. The van der Waals surface area contributed by atoms with Gasteiger partial charge in [0.05, 0.1) is 16.7 Å². The van der Waals surface area contributed by atoms with Gasteiger partial charge < -0.3 is 29.9 Å². The molecule has 0 saturated carbocycles. The first-order valence-electron chi connectivity index (χ1n) is 15.4. The summed E-state index contributed by atoms with van der Waals surface area (Å²) in [5.41, 5.74) is 1.54. The van der Waals surface area contributed by atoms with Crippen LogP contribution in [0.5, 0.6) is 11.5 Å². The number of amides is 4. The van der Waals surface area contributed by atoms with Gasteiger partial charge in [-0.15, -0.1) is 0 Å². The van der Waals surface area contributed by atoms with E-state index in [2.05, 4.69) is 16.7 Å². The number of hydrogen-bond acceptors (Lipinski definition) is 9. The van der Waals surface area contributed by atoms with Crippen molar-refractivity contribution >= 4 is 41.4 Å². The number of nitriles is 1. The maximum atomic E-state index is 13.9. The fourth-order valence-corrected chi connectivity index (χ4v) is 6.57. The lowest BCUT2D eigenvalue weighted by Gasteiger charge is -2.28. The van der Waals surface area contributed by atoms with Crippen molar-refractivity contribution in [1.82, 2.24) is 20.4 Å². The molecule has 3 atom stereocenters. The maximum Gasteiger partial charge on any atom is 0.338 e.